The third-order valence-electron chi connectivity index (χ3n) is 5.20. The average molecular weight is 458 g/mol. The standard InChI is InChI=1S/C24H19N5O3S/c30-29(31)19-12-10-18(11-13-19)23-27-26-22(32-23)16-33-24-25-20-8-4-5-9-21(20)28(24)15-14-17-6-2-1-3-7-17/h1-13H,14-16H2. The zero-order chi connectivity index (χ0) is 22.6. The summed E-state index contributed by atoms with van der Waals surface area (Å²) in [7, 11) is 0. The number of nitrogens with zero attached hydrogens (tertiary/aromatic N) is 5. The van der Waals surface area contributed by atoms with Crippen LogP contribution in [0, 0.1) is 10.1 Å². The van der Waals surface area contributed by atoms with Gasteiger partial charge in [-0.05, 0) is 36.2 Å². The topological polar surface area (TPSA) is 99.9 Å². The van der Waals surface area contributed by atoms with Crippen LogP contribution in [-0.2, 0) is 18.7 Å². The molecule has 5 rings (SSSR count). The lowest BCUT2D eigenvalue weighted by Crippen LogP contribution is -2.03. The van der Waals surface area contributed by atoms with Crippen molar-refractivity contribution in [3.05, 3.63) is 100 Å². The normalized spacial score (nSPS) is 11.2. The Balaban J connectivity index is 1.33. The van der Waals surface area contributed by atoms with Crippen molar-refractivity contribution in [1.82, 2.24) is 19.7 Å². The lowest BCUT2D eigenvalue weighted by atomic mass is 10.1. The third kappa shape index (κ3) is 4.63. The quantitative estimate of drug-likeness (QED) is 0.172. The predicted molar refractivity (Wildman–Crippen MR) is 126 cm³/mol. The second-order valence-corrected chi connectivity index (χ2v) is 8.31. The summed E-state index contributed by atoms with van der Waals surface area (Å²) in [4.78, 5) is 15.2. The summed E-state index contributed by atoms with van der Waals surface area (Å²) >= 11 is 1.54. The Kier molecular flexibility index (Phi) is 5.86. The maximum atomic E-state index is 10.8. The molecular weight excluding hydrogens is 438 g/mol. The largest absolute Gasteiger partial charge is 0.420 e. The van der Waals surface area contributed by atoms with E-state index >= 15 is 0 Å². The van der Waals surface area contributed by atoms with Gasteiger partial charge in [0.25, 0.3) is 5.69 Å². The first kappa shape index (κ1) is 20.9. The van der Waals surface area contributed by atoms with E-state index in [1.807, 2.05) is 24.3 Å². The maximum Gasteiger partial charge on any atom is 0.269 e. The molecule has 0 radical (unpaired) electrons. The lowest BCUT2D eigenvalue weighted by Gasteiger charge is -2.08. The number of thioether (sulfide) groups is 1. The summed E-state index contributed by atoms with van der Waals surface area (Å²) in [5.74, 6) is 1.27. The summed E-state index contributed by atoms with van der Waals surface area (Å²) < 4.78 is 8.01. The third-order valence-corrected chi connectivity index (χ3v) is 6.16. The van der Waals surface area contributed by atoms with Crippen LogP contribution in [0.2, 0.25) is 0 Å². The molecule has 2 aromatic heterocycles. The highest BCUT2D eigenvalue weighted by Gasteiger charge is 2.15. The molecule has 0 atom stereocenters. The van der Waals surface area contributed by atoms with E-state index in [4.69, 9.17) is 9.40 Å². The number of aryl methyl sites for hydroxylation is 2. The number of imidazole rings is 1. The highest BCUT2D eigenvalue weighted by Crippen LogP contribution is 2.28. The SMILES string of the molecule is O=[N+]([O-])c1ccc(-c2nnc(CSc3nc4ccccc4n3CCc3ccccc3)o2)cc1. The molecular formula is C24H19N5O3S. The van der Waals surface area contributed by atoms with Crippen molar-refractivity contribution in [2.24, 2.45) is 0 Å². The molecule has 8 nitrogen and oxygen atoms in total. The van der Waals surface area contributed by atoms with Gasteiger partial charge in [-0.3, -0.25) is 10.1 Å². The van der Waals surface area contributed by atoms with Gasteiger partial charge in [0.2, 0.25) is 11.8 Å². The Morgan fingerprint density at radius 2 is 1.70 bits per heavy atom. The Morgan fingerprint density at radius 3 is 2.48 bits per heavy atom. The summed E-state index contributed by atoms with van der Waals surface area (Å²) in [6.07, 6.45) is 0.902. The van der Waals surface area contributed by atoms with Crippen LogP contribution in [0.15, 0.2) is 88.4 Å². The van der Waals surface area contributed by atoms with E-state index < -0.39 is 4.92 Å². The van der Waals surface area contributed by atoms with Crippen LogP contribution in [-0.4, -0.2) is 24.7 Å². The monoisotopic (exact) mass is 457 g/mol. The first-order chi connectivity index (χ1) is 16.2. The molecule has 0 N–H and O–H groups in total. The number of para-hydroxylation sites is 2. The molecule has 0 fully saturated rings. The minimum Gasteiger partial charge on any atom is -0.420 e. The molecule has 0 bridgehead atoms. The average Bonchev–Trinajstić information content (AvgIpc) is 3.46. The van der Waals surface area contributed by atoms with Crippen molar-refractivity contribution < 1.29 is 9.34 Å². The van der Waals surface area contributed by atoms with E-state index in [0.29, 0.717) is 23.1 Å². The number of benzene rings is 3. The molecule has 2 heterocycles. The van der Waals surface area contributed by atoms with Crippen molar-refractivity contribution in [3.63, 3.8) is 0 Å². The molecule has 0 amide bonds. The van der Waals surface area contributed by atoms with Gasteiger partial charge < -0.3 is 8.98 Å². The maximum absolute atomic E-state index is 10.8. The molecule has 0 aliphatic heterocycles. The zero-order valence-electron chi connectivity index (χ0n) is 17.5. The van der Waals surface area contributed by atoms with Gasteiger partial charge in [0, 0.05) is 24.2 Å². The minimum atomic E-state index is -0.441. The number of nitro groups is 1. The molecule has 9 heteroatoms. The first-order valence-corrected chi connectivity index (χ1v) is 11.3. The van der Waals surface area contributed by atoms with Crippen molar-refractivity contribution in [2.75, 3.05) is 0 Å². The van der Waals surface area contributed by atoms with Crippen molar-refractivity contribution in [2.45, 2.75) is 23.9 Å². The zero-order valence-corrected chi connectivity index (χ0v) is 18.3. The number of non-ortho nitro benzene ring substituents is 1. The second-order valence-electron chi connectivity index (χ2n) is 7.36. The number of nitro benzene ring substituents is 1. The number of rotatable bonds is 8. The van der Waals surface area contributed by atoms with Crippen LogP contribution >= 0.6 is 11.8 Å². The highest BCUT2D eigenvalue weighted by atomic mass is 32.2. The smallest absolute Gasteiger partial charge is 0.269 e. The van der Waals surface area contributed by atoms with E-state index in [-0.39, 0.29) is 5.69 Å². The van der Waals surface area contributed by atoms with Crippen LogP contribution in [0.1, 0.15) is 11.5 Å². The highest BCUT2D eigenvalue weighted by molar-refractivity contribution is 7.98. The summed E-state index contributed by atoms with van der Waals surface area (Å²) in [6.45, 7) is 0.810. The Bertz CT molecular complexity index is 1400. The molecule has 164 valence electrons. The number of hydrogen-bond donors (Lipinski definition) is 0. The van der Waals surface area contributed by atoms with Gasteiger partial charge in [0.05, 0.1) is 21.7 Å². The van der Waals surface area contributed by atoms with Gasteiger partial charge in [0.15, 0.2) is 5.16 Å². The van der Waals surface area contributed by atoms with Crippen LogP contribution in [0.25, 0.3) is 22.5 Å². The summed E-state index contributed by atoms with van der Waals surface area (Å²) in [5.41, 5.74) is 3.97. The van der Waals surface area contributed by atoms with E-state index in [2.05, 4.69) is 45.1 Å². The van der Waals surface area contributed by atoms with Crippen molar-refractivity contribution in [3.8, 4) is 11.5 Å². The molecule has 3 aromatic carbocycles. The number of aromatic nitrogens is 4. The van der Waals surface area contributed by atoms with Crippen molar-refractivity contribution in [1.29, 1.82) is 0 Å². The number of hydrogen-bond acceptors (Lipinski definition) is 7. The van der Waals surface area contributed by atoms with Crippen molar-refractivity contribution >= 4 is 28.5 Å². The Hall–Kier alpha value is -3.98. The van der Waals surface area contributed by atoms with E-state index in [0.717, 1.165) is 29.2 Å². The van der Waals surface area contributed by atoms with Gasteiger partial charge in [-0.15, -0.1) is 10.2 Å². The van der Waals surface area contributed by atoms with Gasteiger partial charge in [-0.1, -0.05) is 54.2 Å². The van der Waals surface area contributed by atoms with Gasteiger partial charge in [-0.25, -0.2) is 4.98 Å². The fourth-order valence-corrected chi connectivity index (χ4v) is 4.42. The van der Waals surface area contributed by atoms with E-state index in [1.165, 1.54) is 17.7 Å². The molecule has 0 unspecified atom stereocenters. The van der Waals surface area contributed by atoms with E-state index in [1.54, 1.807) is 23.9 Å². The first-order valence-electron chi connectivity index (χ1n) is 10.4. The molecule has 0 aliphatic rings. The molecule has 33 heavy (non-hydrogen) atoms. The molecule has 0 saturated heterocycles. The lowest BCUT2D eigenvalue weighted by molar-refractivity contribution is -0.384. The van der Waals surface area contributed by atoms with Crippen LogP contribution in [0.5, 0.6) is 0 Å². The summed E-state index contributed by atoms with van der Waals surface area (Å²) in [5, 5.41) is 19.9. The van der Waals surface area contributed by atoms with Gasteiger partial charge >= 0.3 is 0 Å². The van der Waals surface area contributed by atoms with Gasteiger partial charge in [0.1, 0.15) is 0 Å². The van der Waals surface area contributed by atoms with Crippen LogP contribution < -0.4 is 0 Å². The fourth-order valence-electron chi connectivity index (χ4n) is 3.55. The second kappa shape index (κ2) is 9.25. The predicted octanol–water partition coefficient (Wildman–Crippen LogP) is 5.53. The Labute approximate surface area is 193 Å². The van der Waals surface area contributed by atoms with Crippen LogP contribution in [0.4, 0.5) is 5.69 Å². The molecule has 0 saturated carbocycles. The molecule has 0 aliphatic carbocycles. The Morgan fingerprint density at radius 1 is 0.939 bits per heavy atom. The minimum absolute atomic E-state index is 0.0171. The summed E-state index contributed by atoms with van der Waals surface area (Å²) in [6, 6.07) is 24.5. The van der Waals surface area contributed by atoms with E-state index in [9.17, 15) is 10.1 Å². The molecule has 5 aromatic rings. The van der Waals surface area contributed by atoms with Gasteiger partial charge in [-0.2, -0.15) is 0 Å². The van der Waals surface area contributed by atoms with Crippen LogP contribution in [0.3, 0.4) is 0 Å². The number of fused-ring (bicyclic) bond motifs is 1. The fraction of sp³-hybridized carbons (Fsp3) is 0.125. The molecule has 0 spiro atoms.